The lowest BCUT2D eigenvalue weighted by Crippen LogP contribution is -2.50. The second kappa shape index (κ2) is 5.84. The number of nitrogens with two attached hydrogens (primary N) is 2. The highest BCUT2D eigenvalue weighted by Gasteiger charge is 2.30. The van der Waals surface area contributed by atoms with Crippen LogP contribution in [-0.4, -0.2) is 17.4 Å². The summed E-state index contributed by atoms with van der Waals surface area (Å²) >= 11 is 0. The predicted octanol–water partition coefficient (Wildman–Crippen LogP) is 1.55. The zero-order chi connectivity index (χ0) is 14.6. The van der Waals surface area contributed by atoms with Gasteiger partial charge in [0.1, 0.15) is 0 Å². The maximum Gasteiger partial charge on any atom is 0.248 e. The molecule has 19 heavy (non-hydrogen) atoms. The number of hydrogen-bond donors (Lipinski definition) is 3. The number of carbonyl (C=O) groups is 2. The number of aryl methyl sites for hydroxylation is 1. The van der Waals surface area contributed by atoms with Crippen LogP contribution in [0.4, 0.5) is 5.69 Å². The maximum atomic E-state index is 12.1. The Bertz CT molecular complexity index is 493. The fraction of sp³-hybridized carbons (Fsp3) is 0.429. The molecule has 104 valence electrons. The van der Waals surface area contributed by atoms with Gasteiger partial charge in [-0.25, -0.2) is 0 Å². The molecule has 0 aliphatic rings. The molecule has 5 N–H and O–H groups in total. The van der Waals surface area contributed by atoms with Crippen molar-refractivity contribution >= 4 is 17.5 Å². The van der Waals surface area contributed by atoms with E-state index in [0.717, 1.165) is 5.56 Å². The van der Waals surface area contributed by atoms with Gasteiger partial charge >= 0.3 is 0 Å². The third kappa shape index (κ3) is 3.32. The van der Waals surface area contributed by atoms with Crippen LogP contribution in [0.3, 0.4) is 0 Å². The SMILES string of the molecule is CCC(N)(CC)C(=O)Nc1ccc(C(N)=O)cc1C. The smallest absolute Gasteiger partial charge is 0.248 e. The third-order valence-electron chi connectivity index (χ3n) is 3.47. The first-order valence-electron chi connectivity index (χ1n) is 6.34. The molecule has 0 fully saturated rings. The minimum atomic E-state index is -0.866. The lowest BCUT2D eigenvalue weighted by Gasteiger charge is -2.25. The van der Waals surface area contributed by atoms with E-state index in [4.69, 9.17) is 11.5 Å². The number of anilines is 1. The molecule has 0 aliphatic heterocycles. The van der Waals surface area contributed by atoms with Crippen molar-refractivity contribution in [2.24, 2.45) is 11.5 Å². The maximum absolute atomic E-state index is 12.1. The number of amides is 2. The van der Waals surface area contributed by atoms with E-state index in [-0.39, 0.29) is 5.91 Å². The van der Waals surface area contributed by atoms with Crippen LogP contribution in [0.5, 0.6) is 0 Å². The van der Waals surface area contributed by atoms with Crippen molar-refractivity contribution < 1.29 is 9.59 Å². The molecule has 1 aromatic carbocycles. The van der Waals surface area contributed by atoms with E-state index in [1.807, 2.05) is 13.8 Å². The lowest BCUT2D eigenvalue weighted by molar-refractivity contribution is -0.121. The Morgan fingerprint density at radius 3 is 2.26 bits per heavy atom. The van der Waals surface area contributed by atoms with Crippen LogP contribution in [0.15, 0.2) is 18.2 Å². The molecule has 0 saturated carbocycles. The monoisotopic (exact) mass is 263 g/mol. The van der Waals surface area contributed by atoms with Gasteiger partial charge in [-0.05, 0) is 43.5 Å². The van der Waals surface area contributed by atoms with Gasteiger partial charge in [0.15, 0.2) is 0 Å². The van der Waals surface area contributed by atoms with Crippen molar-refractivity contribution in [2.75, 3.05) is 5.32 Å². The zero-order valence-corrected chi connectivity index (χ0v) is 11.6. The topological polar surface area (TPSA) is 98.2 Å². The Morgan fingerprint density at radius 1 is 1.26 bits per heavy atom. The summed E-state index contributed by atoms with van der Waals surface area (Å²) in [6.07, 6.45) is 1.13. The molecule has 2 amide bonds. The Hall–Kier alpha value is -1.88. The molecule has 5 heteroatoms. The van der Waals surface area contributed by atoms with E-state index in [1.54, 1.807) is 25.1 Å². The van der Waals surface area contributed by atoms with Crippen LogP contribution < -0.4 is 16.8 Å². The summed E-state index contributed by atoms with van der Waals surface area (Å²) in [7, 11) is 0. The predicted molar refractivity (Wildman–Crippen MR) is 75.8 cm³/mol. The summed E-state index contributed by atoms with van der Waals surface area (Å²) in [5.74, 6) is -0.705. The van der Waals surface area contributed by atoms with E-state index < -0.39 is 11.4 Å². The third-order valence-corrected chi connectivity index (χ3v) is 3.47. The second-order valence-electron chi connectivity index (χ2n) is 4.71. The van der Waals surface area contributed by atoms with Crippen LogP contribution in [-0.2, 0) is 4.79 Å². The molecule has 1 rings (SSSR count). The summed E-state index contributed by atoms with van der Waals surface area (Å²) in [6.45, 7) is 5.57. The minimum absolute atomic E-state index is 0.215. The van der Waals surface area contributed by atoms with Gasteiger partial charge in [0.25, 0.3) is 0 Å². The van der Waals surface area contributed by atoms with Crippen LogP contribution in [0.2, 0.25) is 0 Å². The van der Waals surface area contributed by atoms with Gasteiger partial charge in [-0.1, -0.05) is 13.8 Å². The van der Waals surface area contributed by atoms with Crippen molar-refractivity contribution in [3.05, 3.63) is 29.3 Å². The number of hydrogen-bond acceptors (Lipinski definition) is 3. The van der Waals surface area contributed by atoms with E-state index >= 15 is 0 Å². The fourth-order valence-corrected chi connectivity index (χ4v) is 1.78. The van der Waals surface area contributed by atoms with Gasteiger partial charge in [0, 0.05) is 11.3 Å². The molecule has 0 saturated heterocycles. The molecule has 5 nitrogen and oxygen atoms in total. The molecule has 0 atom stereocenters. The van der Waals surface area contributed by atoms with E-state index in [1.165, 1.54) is 0 Å². The molecule has 0 unspecified atom stereocenters. The van der Waals surface area contributed by atoms with E-state index in [0.29, 0.717) is 24.1 Å². The number of carbonyl (C=O) groups excluding carboxylic acids is 2. The molecule has 0 aliphatic carbocycles. The molecule has 0 spiro atoms. The van der Waals surface area contributed by atoms with Gasteiger partial charge in [-0.3, -0.25) is 9.59 Å². The molecule has 1 aromatic rings. The quantitative estimate of drug-likeness (QED) is 0.751. The van der Waals surface area contributed by atoms with E-state index in [9.17, 15) is 9.59 Å². The number of benzene rings is 1. The van der Waals surface area contributed by atoms with E-state index in [2.05, 4.69) is 5.32 Å². The largest absolute Gasteiger partial charge is 0.366 e. The van der Waals surface area contributed by atoms with Crippen LogP contribution in [0.25, 0.3) is 0 Å². The van der Waals surface area contributed by atoms with Crippen molar-refractivity contribution in [1.82, 2.24) is 0 Å². The number of primary amides is 1. The Labute approximate surface area is 113 Å². The molecule has 0 bridgehead atoms. The van der Waals surface area contributed by atoms with Crippen LogP contribution >= 0.6 is 0 Å². The van der Waals surface area contributed by atoms with Crippen LogP contribution in [0.1, 0.15) is 42.6 Å². The van der Waals surface area contributed by atoms with Crippen molar-refractivity contribution in [3.63, 3.8) is 0 Å². The highest BCUT2D eigenvalue weighted by molar-refractivity contribution is 5.99. The van der Waals surface area contributed by atoms with Gasteiger partial charge < -0.3 is 16.8 Å². The average molecular weight is 263 g/mol. The zero-order valence-electron chi connectivity index (χ0n) is 11.6. The standard InChI is InChI=1S/C14H21N3O2/c1-4-14(16,5-2)13(19)17-11-7-6-10(12(15)18)8-9(11)3/h6-8H,4-5,16H2,1-3H3,(H2,15,18)(H,17,19). The molecule has 0 aromatic heterocycles. The van der Waals surface area contributed by atoms with Gasteiger partial charge in [0.05, 0.1) is 5.54 Å². The highest BCUT2D eigenvalue weighted by atomic mass is 16.2. The number of rotatable bonds is 5. The van der Waals surface area contributed by atoms with Crippen molar-refractivity contribution in [2.45, 2.75) is 39.2 Å². The van der Waals surface area contributed by atoms with Gasteiger partial charge in [0.2, 0.25) is 11.8 Å². The Balaban J connectivity index is 2.95. The summed E-state index contributed by atoms with van der Waals surface area (Å²) in [5.41, 5.74) is 12.2. The van der Waals surface area contributed by atoms with Crippen molar-refractivity contribution in [1.29, 1.82) is 0 Å². The van der Waals surface area contributed by atoms with Crippen LogP contribution in [0, 0.1) is 6.92 Å². The normalized spacial score (nSPS) is 11.2. The first-order chi connectivity index (χ1) is 8.84. The minimum Gasteiger partial charge on any atom is -0.366 e. The first kappa shape index (κ1) is 15.2. The first-order valence-corrected chi connectivity index (χ1v) is 6.34. The Kier molecular flexibility index (Phi) is 4.67. The summed E-state index contributed by atoms with van der Waals surface area (Å²) in [5, 5.41) is 2.80. The Morgan fingerprint density at radius 2 is 1.84 bits per heavy atom. The highest BCUT2D eigenvalue weighted by Crippen LogP contribution is 2.20. The van der Waals surface area contributed by atoms with Gasteiger partial charge in [-0.15, -0.1) is 0 Å². The summed E-state index contributed by atoms with van der Waals surface area (Å²) in [6, 6.07) is 4.90. The lowest BCUT2D eigenvalue weighted by atomic mass is 9.93. The average Bonchev–Trinajstić information content (AvgIpc) is 2.39. The fourth-order valence-electron chi connectivity index (χ4n) is 1.78. The summed E-state index contributed by atoms with van der Waals surface area (Å²) in [4.78, 5) is 23.2. The molecular formula is C14H21N3O2. The molecule has 0 radical (unpaired) electrons. The second-order valence-corrected chi connectivity index (χ2v) is 4.71. The van der Waals surface area contributed by atoms with Gasteiger partial charge in [-0.2, -0.15) is 0 Å². The molecular weight excluding hydrogens is 242 g/mol. The summed E-state index contributed by atoms with van der Waals surface area (Å²) < 4.78 is 0. The molecule has 0 heterocycles. The van der Waals surface area contributed by atoms with Crippen molar-refractivity contribution in [3.8, 4) is 0 Å². The number of nitrogens with one attached hydrogen (secondary N) is 1.